The van der Waals surface area contributed by atoms with Crippen LogP contribution in [-0.2, 0) is 26.6 Å². The molecule has 216 valence electrons. The Kier molecular flexibility index (Phi) is 6.94. The van der Waals surface area contributed by atoms with Gasteiger partial charge in [0.2, 0.25) is 15.9 Å². The van der Waals surface area contributed by atoms with E-state index in [9.17, 15) is 13.2 Å². The summed E-state index contributed by atoms with van der Waals surface area (Å²) in [5.41, 5.74) is 4.26. The van der Waals surface area contributed by atoms with Crippen molar-refractivity contribution in [2.75, 3.05) is 34.8 Å². The molecule has 1 aliphatic carbocycles. The summed E-state index contributed by atoms with van der Waals surface area (Å²) in [6.45, 7) is 2.58. The maximum atomic E-state index is 12.7. The summed E-state index contributed by atoms with van der Waals surface area (Å²) < 4.78 is 36.5. The van der Waals surface area contributed by atoms with Gasteiger partial charge in [0.25, 0.3) is 0 Å². The Morgan fingerprint density at radius 3 is 2.59 bits per heavy atom. The normalized spacial score (nSPS) is 17.5. The second kappa shape index (κ2) is 10.5. The number of nitrogens with zero attached hydrogens (tertiary/aromatic N) is 6. The molecule has 1 amide bonds. The first kappa shape index (κ1) is 27.2. The predicted molar refractivity (Wildman–Crippen MR) is 158 cm³/mol. The van der Waals surface area contributed by atoms with Gasteiger partial charge in [-0.15, -0.1) is 0 Å². The lowest BCUT2D eigenvalue weighted by Gasteiger charge is -2.25. The number of amides is 1. The number of aromatic nitrogens is 5. The molecule has 4 aromatic rings. The quantitative estimate of drug-likeness (QED) is 0.315. The largest absolute Gasteiger partial charge is 0.358 e. The maximum Gasteiger partial charge on any atom is 0.232 e. The first-order valence-electron chi connectivity index (χ1n) is 13.7. The summed E-state index contributed by atoms with van der Waals surface area (Å²) in [7, 11) is -0.195. The Balaban J connectivity index is 1.47. The van der Waals surface area contributed by atoms with Crippen molar-refractivity contribution in [3.05, 3.63) is 42.6 Å². The van der Waals surface area contributed by atoms with Crippen molar-refractivity contribution in [2.45, 2.75) is 45.3 Å². The van der Waals surface area contributed by atoms with Crippen molar-refractivity contribution in [2.24, 2.45) is 13.0 Å². The number of hydrogen-bond acceptors (Lipinski definition) is 8. The number of pyridine rings is 1. The van der Waals surface area contributed by atoms with Crippen LogP contribution in [0.1, 0.15) is 44.2 Å². The average Bonchev–Trinajstić information content (AvgIpc) is 3.62. The Labute approximate surface area is 238 Å². The minimum atomic E-state index is -3.59. The lowest BCUT2D eigenvalue weighted by atomic mass is 10.1. The highest BCUT2D eigenvalue weighted by Gasteiger charge is 2.31. The van der Waals surface area contributed by atoms with Gasteiger partial charge in [-0.1, -0.05) is 6.07 Å². The van der Waals surface area contributed by atoms with Gasteiger partial charge in [-0.05, 0) is 51.2 Å². The monoisotopic (exact) mass is 578 g/mol. The summed E-state index contributed by atoms with van der Waals surface area (Å²) >= 11 is 0. The number of nitrogens with one attached hydrogen (secondary N) is 2. The molecule has 1 saturated carbocycles. The summed E-state index contributed by atoms with van der Waals surface area (Å²) in [6, 6.07) is 7.25. The number of benzene rings is 1. The van der Waals surface area contributed by atoms with Crippen LogP contribution in [0.4, 0.5) is 22.9 Å². The Bertz CT molecular complexity index is 1740. The summed E-state index contributed by atoms with van der Waals surface area (Å²) in [6.07, 6.45) is 9.16. The van der Waals surface area contributed by atoms with E-state index in [1.807, 2.05) is 41.4 Å². The molecule has 2 N–H and O–H groups in total. The van der Waals surface area contributed by atoms with E-state index in [2.05, 4.69) is 15.6 Å². The van der Waals surface area contributed by atoms with E-state index in [0.717, 1.165) is 55.4 Å². The molecule has 1 aromatic carbocycles. The Hall–Kier alpha value is -3.97. The van der Waals surface area contributed by atoms with E-state index in [1.165, 1.54) is 11.4 Å². The van der Waals surface area contributed by atoms with Gasteiger partial charge in [-0.3, -0.25) is 13.7 Å². The number of anilines is 4. The van der Waals surface area contributed by atoms with E-state index >= 15 is 0 Å². The van der Waals surface area contributed by atoms with Gasteiger partial charge >= 0.3 is 0 Å². The minimum Gasteiger partial charge on any atom is -0.358 e. The zero-order valence-electron chi connectivity index (χ0n) is 23.6. The van der Waals surface area contributed by atoms with Gasteiger partial charge in [0.05, 0.1) is 35.3 Å². The molecule has 1 aliphatic heterocycles. The number of aryl methyl sites for hydroxylation is 2. The molecule has 2 aliphatic rings. The fourth-order valence-electron chi connectivity index (χ4n) is 5.12. The molecule has 1 unspecified atom stereocenters. The molecule has 12 nitrogen and oxygen atoms in total. The summed E-state index contributed by atoms with van der Waals surface area (Å²) in [5, 5.41) is 6.38. The van der Waals surface area contributed by atoms with Crippen molar-refractivity contribution in [1.82, 2.24) is 24.1 Å². The van der Waals surface area contributed by atoms with Crippen LogP contribution in [0.5, 0.6) is 0 Å². The number of carbonyl (C=O) groups excluding carboxylic acids is 1. The average molecular weight is 579 g/mol. The predicted octanol–water partition coefficient (Wildman–Crippen LogP) is 4.33. The van der Waals surface area contributed by atoms with Gasteiger partial charge in [0, 0.05) is 44.4 Å². The van der Waals surface area contributed by atoms with Crippen LogP contribution in [0, 0.1) is 12.8 Å². The number of hydrogen-bond donors (Lipinski definition) is 2. The zero-order chi connectivity index (χ0) is 28.9. The molecular weight excluding hydrogens is 544 g/mol. The first-order chi connectivity index (χ1) is 19.6. The fraction of sp³-hybridized carbons (Fsp3) is 0.429. The molecule has 0 bridgehead atoms. The molecule has 0 radical (unpaired) electrons. The van der Waals surface area contributed by atoms with Crippen molar-refractivity contribution in [3.63, 3.8) is 0 Å². The number of imidazole rings is 2. The van der Waals surface area contributed by atoms with Crippen LogP contribution < -0.4 is 14.9 Å². The van der Waals surface area contributed by atoms with Gasteiger partial charge in [0.15, 0.2) is 5.65 Å². The second-order valence-corrected chi connectivity index (χ2v) is 12.9. The molecule has 0 spiro atoms. The van der Waals surface area contributed by atoms with Crippen molar-refractivity contribution in [1.29, 1.82) is 0 Å². The van der Waals surface area contributed by atoms with Gasteiger partial charge in [0.1, 0.15) is 23.4 Å². The molecule has 6 rings (SSSR count). The number of sulfonamides is 1. The summed E-state index contributed by atoms with van der Waals surface area (Å²) in [5.74, 6) is 1.09. The molecule has 1 saturated heterocycles. The zero-order valence-corrected chi connectivity index (χ0v) is 24.4. The lowest BCUT2D eigenvalue weighted by Crippen LogP contribution is -2.25. The van der Waals surface area contributed by atoms with Crippen LogP contribution in [-0.4, -0.2) is 58.3 Å². The third-order valence-electron chi connectivity index (χ3n) is 7.57. The van der Waals surface area contributed by atoms with E-state index in [4.69, 9.17) is 14.7 Å². The maximum absolute atomic E-state index is 12.7. The molecule has 13 heteroatoms. The van der Waals surface area contributed by atoms with Crippen LogP contribution in [0.2, 0.25) is 0 Å². The van der Waals surface area contributed by atoms with Crippen LogP contribution in [0.25, 0.3) is 22.4 Å². The topological polar surface area (TPSA) is 136 Å². The van der Waals surface area contributed by atoms with Gasteiger partial charge in [-0.2, -0.15) is 0 Å². The molecule has 1 atom stereocenters. The number of carbonyl (C=O) groups is 1. The first-order valence-corrected chi connectivity index (χ1v) is 15.6. The highest BCUT2D eigenvalue weighted by molar-refractivity contribution is 7.92. The number of rotatable bonds is 8. The van der Waals surface area contributed by atoms with Crippen molar-refractivity contribution in [3.8, 4) is 11.3 Å². The van der Waals surface area contributed by atoms with Crippen molar-refractivity contribution < 1.29 is 17.9 Å². The molecule has 3 aromatic heterocycles. The SMILES string of the molecule is Cc1nc2c(Nc3ccc(-c4cn(C)cn4)cc3N(C)S(C)(=O)=O)cc(NC(=O)C3CC3)nc2n1C1CCCCO1. The third kappa shape index (κ3) is 5.51. The van der Waals surface area contributed by atoms with Gasteiger partial charge < -0.3 is 19.9 Å². The van der Waals surface area contributed by atoms with Crippen LogP contribution in [0.3, 0.4) is 0 Å². The second-order valence-electron chi connectivity index (χ2n) is 10.9. The smallest absolute Gasteiger partial charge is 0.232 e. The molecule has 41 heavy (non-hydrogen) atoms. The highest BCUT2D eigenvalue weighted by atomic mass is 32.2. The number of ether oxygens (including phenoxy) is 1. The fourth-order valence-corrected chi connectivity index (χ4v) is 5.63. The van der Waals surface area contributed by atoms with Crippen LogP contribution in [0.15, 0.2) is 36.8 Å². The molecule has 2 fully saturated rings. The van der Waals surface area contributed by atoms with Crippen molar-refractivity contribution >= 4 is 50.0 Å². The molecule has 4 heterocycles. The Morgan fingerprint density at radius 1 is 1.12 bits per heavy atom. The van der Waals surface area contributed by atoms with E-state index in [0.29, 0.717) is 40.7 Å². The molecular formula is C28H34N8O4S. The van der Waals surface area contributed by atoms with E-state index in [1.54, 1.807) is 18.5 Å². The highest BCUT2D eigenvalue weighted by Crippen LogP contribution is 2.38. The standard InChI is InChI=1S/C28H34N8O4S/c1-17-30-26-21(14-24(33-28(37)18-8-9-18)32-27(26)36(17)25-7-5-6-12-40-25)31-20-11-10-19(22-15-34(2)16-29-22)13-23(20)35(3)41(4,38)39/h10-11,13-16,18,25H,5-9,12H2,1-4H3,(H2,31,32,33,37). The van der Waals surface area contributed by atoms with Crippen LogP contribution >= 0.6 is 0 Å². The van der Waals surface area contributed by atoms with E-state index < -0.39 is 10.0 Å². The summed E-state index contributed by atoms with van der Waals surface area (Å²) in [4.78, 5) is 26.8. The van der Waals surface area contributed by atoms with Gasteiger partial charge in [-0.25, -0.2) is 23.4 Å². The third-order valence-corrected chi connectivity index (χ3v) is 8.76. The lowest BCUT2D eigenvalue weighted by molar-refractivity contribution is -0.117. The van der Waals surface area contributed by atoms with E-state index in [-0.39, 0.29) is 18.1 Å². The Morgan fingerprint density at radius 2 is 1.93 bits per heavy atom. The number of fused-ring (bicyclic) bond motifs is 1. The minimum absolute atomic E-state index is 0.00591.